The van der Waals surface area contributed by atoms with Crippen molar-refractivity contribution in [2.45, 2.75) is 6.92 Å². The summed E-state index contributed by atoms with van der Waals surface area (Å²) in [5.74, 6) is 0.648. The van der Waals surface area contributed by atoms with Gasteiger partial charge in [-0.25, -0.2) is 4.98 Å². The second kappa shape index (κ2) is 7.71. The lowest BCUT2D eigenvalue weighted by atomic mass is 10.2. The molecule has 0 aliphatic rings. The molecule has 3 aromatic rings. The number of nitrogens with two attached hydrogens (primary N) is 1. The van der Waals surface area contributed by atoms with E-state index in [-0.39, 0.29) is 23.3 Å². The van der Waals surface area contributed by atoms with E-state index in [0.29, 0.717) is 16.3 Å². The van der Waals surface area contributed by atoms with E-state index in [4.69, 9.17) is 22.1 Å². The quantitative estimate of drug-likeness (QED) is 0.594. The van der Waals surface area contributed by atoms with Gasteiger partial charge in [-0.1, -0.05) is 29.3 Å². The van der Waals surface area contributed by atoms with Crippen molar-refractivity contribution in [2.75, 3.05) is 11.2 Å². The Bertz CT molecular complexity index is 914. The maximum atomic E-state index is 12.1. The molecule has 1 aromatic heterocycles. The maximum Gasteiger partial charge on any atom is 0.269 e. The summed E-state index contributed by atoms with van der Waals surface area (Å²) in [6.45, 7) is 1.98. The Morgan fingerprint density at radius 1 is 1.08 bits per heavy atom. The van der Waals surface area contributed by atoms with Gasteiger partial charge in [0.1, 0.15) is 17.8 Å². The Hall–Kier alpha value is -3.32. The van der Waals surface area contributed by atoms with E-state index in [1.165, 1.54) is 6.33 Å². The average molecular weight is 370 g/mol. The van der Waals surface area contributed by atoms with Gasteiger partial charge >= 0.3 is 0 Å². The SMILES string of the molecule is Cc1ccc(Oc2ncnc(NNC(=O)c3ccc(Cl)cc3)c2N)cc1. The van der Waals surface area contributed by atoms with E-state index < -0.39 is 0 Å². The number of aromatic nitrogens is 2. The van der Waals surface area contributed by atoms with E-state index in [2.05, 4.69) is 20.8 Å². The second-order valence-corrected chi connectivity index (χ2v) is 5.88. The highest BCUT2D eigenvalue weighted by Gasteiger charge is 2.12. The Balaban J connectivity index is 1.69. The summed E-state index contributed by atoms with van der Waals surface area (Å²) in [7, 11) is 0. The predicted molar refractivity (Wildman–Crippen MR) is 100 cm³/mol. The summed E-state index contributed by atoms with van der Waals surface area (Å²) >= 11 is 5.81. The van der Waals surface area contributed by atoms with Crippen molar-refractivity contribution < 1.29 is 9.53 Å². The van der Waals surface area contributed by atoms with Crippen LogP contribution in [0.3, 0.4) is 0 Å². The number of benzene rings is 2. The number of hydrogen-bond acceptors (Lipinski definition) is 6. The molecule has 0 saturated heterocycles. The zero-order valence-corrected chi connectivity index (χ0v) is 14.6. The fourth-order valence-corrected chi connectivity index (χ4v) is 2.19. The molecule has 1 amide bonds. The summed E-state index contributed by atoms with van der Waals surface area (Å²) in [5, 5.41) is 0.549. The van der Waals surface area contributed by atoms with Gasteiger partial charge in [0.25, 0.3) is 5.91 Å². The van der Waals surface area contributed by atoms with Gasteiger partial charge in [-0.15, -0.1) is 0 Å². The van der Waals surface area contributed by atoms with Crippen molar-refractivity contribution in [3.05, 3.63) is 71.0 Å². The number of nitrogens with one attached hydrogen (secondary N) is 2. The molecule has 1 heterocycles. The normalized spacial score (nSPS) is 10.2. The molecule has 0 aliphatic heterocycles. The number of aryl methyl sites for hydroxylation is 1. The van der Waals surface area contributed by atoms with Gasteiger partial charge in [0.05, 0.1) is 0 Å². The van der Waals surface area contributed by atoms with Crippen LogP contribution in [0.2, 0.25) is 5.02 Å². The van der Waals surface area contributed by atoms with Crippen LogP contribution in [0.4, 0.5) is 11.5 Å². The molecule has 4 N–H and O–H groups in total. The van der Waals surface area contributed by atoms with Crippen LogP contribution in [0.1, 0.15) is 15.9 Å². The number of rotatable bonds is 5. The summed E-state index contributed by atoms with van der Waals surface area (Å²) < 4.78 is 5.67. The van der Waals surface area contributed by atoms with Crippen molar-refractivity contribution in [2.24, 2.45) is 0 Å². The van der Waals surface area contributed by atoms with Crippen molar-refractivity contribution in [3.63, 3.8) is 0 Å². The first-order chi connectivity index (χ1) is 12.5. The van der Waals surface area contributed by atoms with Crippen LogP contribution < -0.4 is 21.3 Å². The summed E-state index contributed by atoms with van der Waals surface area (Å²) in [4.78, 5) is 20.2. The minimum Gasteiger partial charge on any atom is -0.437 e. The van der Waals surface area contributed by atoms with Crippen LogP contribution in [0.5, 0.6) is 11.6 Å². The Morgan fingerprint density at radius 3 is 2.46 bits per heavy atom. The minimum atomic E-state index is -0.360. The molecule has 0 saturated carbocycles. The lowest BCUT2D eigenvalue weighted by Gasteiger charge is -2.12. The third-order valence-electron chi connectivity index (χ3n) is 3.48. The molecule has 2 aromatic carbocycles. The van der Waals surface area contributed by atoms with Gasteiger partial charge in [-0.05, 0) is 43.3 Å². The largest absolute Gasteiger partial charge is 0.437 e. The van der Waals surface area contributed by atoms with Gasteiger partial charge in [0.15, 0.2) is 5.82 Å². The van der Waals surface area contributed by atoms with Crippen LogP contribution in [0, 0.1) is 6.92 Å². The molecule has 0 aliphatic carbocycles. The molecule has 7 nitrogen and oxygen atoms in total. The van der Waals surface area contributed by atoms with E-state index >= 15 is 0 Å². The fraction of sp³-hybridized carbons (Fsp3) is 0.0556. The molecule has 0 unspecified atom stereocenters. The molecule has 0 bridgehead atoms. The number of hydrogen-bond donors (Lipinski definition) is 3. The third kappa shape index (κ3) is 4.20. The zero-order chi connectivity index (χ0) is 18.5. The molecule has 0 fully saturated rings. The number of anilines is 2. The predicted octanol–water partition coefficient (Wildman–Crippen LogP) is 3.57. The van der Waals surface area contributed by atoms with E-state index in [1.807, 2.05) is 31.2 Å². The maximum absolute atomic E-state index is 12.1. The number of nitrogens with zero attached hydrogens (tertiary/aromatic N) is 2. The monoisotopic (exact) mass is 369 g/mol. The van der Waals surface area contributed by atoms with Gasteiger partial charge < -0.3 is 10.5 Å². The molecule has 0 spiro atoms. The summed E-state index contributed by atoms with van der Waals surface area (Å²) in [5.41, 5.74) is 12.9. The van der Waals surface area contributed by atoms with Gasteiger partial charge in [0.2, 0.25) is 5.88 Å². The Kier molecular flexibility index (Phi) is 5.19. The highest BCUT2D eigenvalue weighted by Crippen LogP contribution is 2.28. The first kappa shape index (κ1) is 17.5. The number of carbonyl (C=O) groups is 1. The topological polar surface area (TPSA) is 102 Å². The number of nitrogen functional groups attached to an aromatic ring is 1. The second-order valence-electron chi connectivity index (χ2n) is 5.44. The van der Waals surface area contributed by atoms with Crippen LogP contribution in [0.15, 0.2) is 54.9 Å². The highest BCUT2D eigenvalue weighted by molar-refractivity contribution is 6.30. The van der Waals surface area contributed by atoms with E-state index in [9.17, 15) is 4.79 Å². The average Bonchev–Trinajstić information content (AvgIpc) is 2.64. The molecular formula is C18H16ClN5O2. The van der Waals surface area contributed by atoms with Crippen LogP contribution >= 0.6 is 11.6 Å². The van der Waals surface area contributed by atoms with Gasteiger partial charge in [-0.3, -0.25) is 15.6 Å². The van der Waals surface area contributed by atoms with Crippen molar-refractivity contribution in [3.8, 4) is 11.6 Å². The first-order valence-electron chi connectivity index (χ1n) is 7.70. The van der Waals surface area contributed by atoms with Gasteiger partial charge in [0, 0.05) is 10.6 Å². The fourth-order valence-electron chi connectivity index (χ4n) is 2.07. The molecule has 3 rings (SSSR count). The van der Waals surface area contributed by atoms with Crippen LogP contribution in [0.25, 0.3) is 0 Å². The number of halogens is 1. The van der Waals surface area contributed by atoms with E-state index in [1.54, 1.807) is 24.3 Å². The summed E-state index contributed by atoms with van der Waals surface area (Å²) in [6, 6.07) is 13.9. The number of hydrazine groups is 1. The minimum absolute atomic E-state index is 0.171. The van der Waals surface area contributed by atoms with Gasteiger partial charge in [-0.2, -0.15) is 4.98 Å². The highest BCUT2D eigenvalue weighted by atomic mass is 35.5. The summed E-state index contributed by atoms with van der Waals surface area (Å²) in [6.07, 6.45) is 1.29. The van der Waals surface area contributed by atoms with Crippen molar-refractivity contribution >= 4 is 29.0 Å². The lowest BCUT2D eigenvalue weighted by Crippen LogP contribution is -2.30. The number of amides is 1. The molecule has 0 radical (unpaired) electrons. The molecule has 132 valence electrons. The van der Waals surface area contributed by atoms with Crippen molar-refractivity contribution in [1.29, 1.82) is 0 Å². The number of carbonyl (C=O) groups excluding carboxylic acids is 1. The Morgan fingerprint density at radius 2 is 1.77 bits per heavy atom. The molecule has 26 heavy (non-hydrogen) atoms. The standard InChI is InChI=1S/C18H16ClN5O2/c1-11-2-8-14(9-3-11)26-18-15(20)16(21-10-22-18)23-24-17(25)12-4-6-13(19)7-5-12/h2-10H,20H2,1H3,(H,24,25)(H,21,22,23). The first-order valence-corrected chi connectivity index (χ1v) is 8.07. The number of ether oxygens (including phenoxy) is 1. The third-order valence-corrected chi connectivity index (χ3v) is 3.74. The molecular weight excluding hydrogens is 354 g/mol. The lowest BCUT2D eigenvalue weighted by molar-refractivity contribution is 0.0962. The molecule has 0 atom stereocenters. The zero-order valence-electron chi connectivity index (χ0n) is 13.9. The van der Waals surface area contributed by atoms with Crippen molar-refractivity contribution in [1.82, 2.24) is 15.4 Å². The Labute approximate surface area is 155 Å². The molecule has 8 heteroatoms. The smallest absolute Gasteiger partial charge is 0.269 e. The van der Waals surface area contributed by atoms with E-state index in [0.717, 1.165) is 5.56 Å². The van der Waals surface area contributed by atoms with Crippen LogP contribution in [-0.4, -0.2) is 15.9 Å². The van der Waals surface area contributed by atoms with Crippen LogP contribution in [-0.2, 0) is 0 Å².